The Bertz CT molecular complexity index is 289. The van der Waals surface area contributed by atoms with E-state index in [1.165, 1.54) is 17.7 Å². The van der Waals surface area contributed by atoms with Crippen LogP contribution in [-0.2, 0) is 14.3 Å². The number of hydrogen-bond acceptors (Lipinski definition) is 3. The van der Waals surface area contributed by atoms with Crippen molar-refractivity contribution >= 4 is 11.9 Å². The summed E-state index contributed by atoms with van der Waals surface area (Å²) in [5, 5.41) is 0. The Morgan fingerprint density at radius 1 is 1.10 bits per heavy atom. The number of carbonyl (C=O) groups excluding carboxylic acids is 2. The van der Waals surface area contributed by atoms with E-state index in [4.69, 9.17) is 4.74 Å². The molecule has 118 valence electrons. The van der Waals surface area contributed by atoms with Gasteiger partial charge in [0.15, 0.2) is 0 Å². The lowest BCUT2D eigenvalue weighted by Crippen LogP contribution is -2.29. The second-order valence-corrected chi connectivity index (χ2v) is 5.64. The summed E-state index contributed by atoms with van der Waals surface area (Å²) >= 11 is 0. The molecular formula is C16H31NO3. The molecular weight excluding hydrogens is 254 g/mol. The quantitative estimate of drug-likeness (QED) is 0.579. The second-order valence-electron chi connectivity index (χ2n) is 5.64. The highest BCUT2D eigenvalue weighted by Gasteiger charge is 2.23. The topological polar surface area (TPSA) is 46.6 Å². The van der Waals surface area contributed by atoms with Gasteiger partial charge in [-0.25, -0.2) is 0 Å². The number of ether oxygens (including phenoxy) is 1. The number of esters is 1. The molecule has 20 heavy (non-hydrogen) atoms. The van der Waals surface area contributed by atoms with Gasteiger partial charge < -0.3 is 9.64 Å². The first kappa shape index (κ1) is 18.9. The van der Waals surface area contributed by atoms with Crippen molar-refractivity contribution in [2.24, 2.45) is 11.8 Å². The van der Waals surface area contributed by atoms with E-state index < -0.39 is 0 Å². The molecule has 0 radical (unpaired) electrons. The fourth-order valence-corrected chi connectivity index (χ4v) is 2.00. The first-order valence-electron chi connectivity index (χ1n) is 7.82. The molecule has 4 heteroatoms. The molecule has 0 heterocycles. The van der Waals surface area contributed by atoms with Crippen LogP contribution in [0.4, 0.5) is 0 Å². The lowest BCUT2D eigenvalue weighted by atomic mass is 9.99. The lowest BCUT2D eigenvalue weighted by Gasteiger charge is -2.19. The Morgan fingerprint density at radius 3 is 2.20 bits per heavy atom. The molecule has 0 aliphatic rings. The molecule has 0 fully saturated rings. The molecule has 0 aliphatic carbocycles. The average Bonchev–Trinajstić information content (AvgIpc) is 2.44. The van der Waals surface area contributed by atoms with E-state index in [0.29, 0.717) is 18.9 Å². The van der Waals surface area contributed by atoms with Gasteiger partial charge in [0.2, 0.25) is 5.91 Å². The third kappa shape index (κ3) is 7.51. The zero-order valence-corrected chi connectivity index (χ0v) is 13.8. The minimum Gasteiger partial charge on any atom is -0.465 e. The SMILES string of the molecule is CCCCC(CC)COC(=O)C(CC)CC(=O)N(C)C. The van der Waals surface area contributed by atoms with Crippen molar-refractivity contribution in [3.05, 3.63) is 0 Å². The third-order valence-electron chi connectivity index (χ3n) is 3.75. The number of unbranched alkanes of at least 4 members (excludes halogenated alkanes) is 1. The van der Waals surface area contributed by atoms with Crippen LogP contribution in [0.2, 0.25) is 0 Å². The summed E-state index contributed by atoms with van der Waals surface area (Å²) in [6, 6.07) is 0. The number of rotatable bonds is 10. The maximum absolute atomic E-state index is 12.0. The van der Waals surface area contributed by atoms with E-state index in [1.54, 1.807) is 14.1 Å². The molecule has 0 aromatic carbocycles. The van der Waals surface area contributed by atoms with Crippen LogP contribution < -0.4 is 0 Å². The van der Waals surface area contributed by atoms with Crippen LogP contribution in [0.25, 0.3) is 0 Å². The average molecular weight is 285 g/mol. The summed E-state index contributed by atoms with van der Waals surface area (Å²) in [4.78, 5) is 25.2. The normalized spacial score (nSPS) is 13.7. The van der Waals surface area contributed by atoms with Crippen molar-refractivity contribution in [2.45, 2.75) is 59.3 Å². The van der Waals surface area contributed by atoms with Crippen LogP contribution in [0.15, 0.2) is 0 Å². The smallest absolute Gasteiger partial charge is 0.309 e. The minimum atomic E-state index is -0.311. The minimum absolute atomic E-state index is 0.0215. The molecule has 0 saturated carbocycles. The van der Waals surface area contributed by atoms with Crippen molar-refractivity contribution in [1.29, 1.82) is 0 Å². The van der Waals surface area contributed by atoms with E-state index in [1.807, 2.05) is 6.92 Å². The van der Waals surface area contributed by atoms with Gasteiger partial charge in [-0.2, -0.15) is 0 Å². The molecule has 0 aromatic rings. The second kappa shape index (κ2) is 10.7. The molecule has 0 bridgehead atoms. The first-order valence-corrected chi connectivity index (χ1v) is 7.82. The molecule has 0 aromatic heterocycles. The lowest BCUT2D eigenvalue weighted by molar-refractivity contribution is -0.152. The summed E-state index contributed by atoms with van der Waals surface area (Å²) in [7, 11) is 3.41. The van der Waals surface area contributed by atoms with Gasteiger partial charge in [-0.3, -0.25) is 9.59 Å². The standard InChI is InChI=1S/C16H31NO3/c1-6-9-10-13(7-2)12-20-16(19)14(8-3)11-15(18)17(4)5/h13-14H,6-12H2,1-5H3. The Morgan fingerprint density at radius 2 is 1.75 bits per heavy atom. The number of carbonyl (C=O) groups is 2. The van der Waals surface area contributed by atoms with E-state index >= 15 is 0 Å². The Balaban J connectivity index is 4.23. The van der Waals surface area contributed by atoms with Crippen LogP contribution in [0.5, 0.6) is 0 Å². The predicted molar refractivity (Wildman–Crippen MR) is 81.4 cm³/mol. The summed E-state index contributed by atoms with van der Waals surface area (Å²) in [5.41, 5.74) is 0. The van der Waals surface area contributed by atoms with Gasteiger partial charge >= 0.3 is 5.97 Å². The van der Waals surface area contributed by atoms with Crippen LogP contribution in [0.3, 0.4) is 0 Å². The molecule has 2 atom stereocenters. The highest BCUT2D eigenvalue weighted by Crippen LogP contribution is 2.16. The zero-order chi connectivity index (χ0) is 15.5. The van der Waals surface area contributed by atoms with Gasteiger partial charge in [0.25, 0.3) is 0 Å². The summed E-state index contributed by atoms with van der Waals surface area (Å²) in [6.45, 7) is 6.70. The number of hydrogen-bond donors (Lipinski definition) is 0. The number of nitrogens with zero attached hydrogens (tertiary/aromatic N) is 1. The number of amides is 1. The van der Waals surface area contributed by atoms with E-state index in [9.17, 15) is 9.59 Å². The maximum atomic E-state index is 12.0. The monoisotopic (exact) mass is 285 g/mol. The van der Waals surface area contributed by atoms with Crippen molar-refractivity contribution in [3.8, 4) is 0 Å². The van der Waals surface area contributed by atoms with E-state index in [-0.39, 0.29) is 24.2 Å². The molecule has 0 rings (SSSR count). The maximum Gasteiger partial charge on any atom is 0.309 e. The van der Waals surface area contributed by atoms with Gasteiger partial charge in [0.1, 0.15) is 0 Å². The zero-order valence-electron chi connectivity index (χ0n) is 13.8. The fraction of sp³-hybridized carbons (Fsp3) is 0.875. The van der Waals surface area contributed by atoms with Crippen molar-refractivity contribution in [3.63, 3.8) is 0 Å². The molecule has 0 saturated heterocycles. The highest BCUT2D eigenvalue weighted by atomic mass is 16.5. The van der Waals surface area contributed by atoms with Crippen LogP contribution in [-0.4, -0.2) is 37.5 Å². The summed E-state index contributed by atoms with van der Waals surface area (Å²) in [5.74, 6) is -0.112. The van der Waals surface area contributed by atoms with Crippen molar-refractivity contribution < 1.29 is 14.3 Å². The third-order valence-corrected chi connectivity index (χ3v) is 3.75. The fourth-order valence-electron chi connectivity index (χ4n) is 2.00. The molecule has 0 N–H and O–H groups in total. The molecule has 2 unspecified atom stereocenters. The highest BCUT2D eigenvalue weighted by molar-refractivity contribution is 5.82. The Labute approximate surface area is 123 Å². The van der Waals surface area contributed by atoms with E-state index in [0.717, 1.165) is 12.8 Å². The molecule has 0 aliphatic heterocycles. The van der Waals surface area contributed by atoms with Crippen LogP contribution in [0.1, 0.15) is 59.3 Å². The van der Waals surface area contributed by atoms with Gasteiger partial charge in [0, 0.05) is 20.5 Å². The predicted octanol–water partition coefficient (Wildman–Crippen LogP) is 3.25. The molecule has 0 spiro atoms. The van der Waals surface area contributed by atoms with Crippen molar-refractivity contribution in [2.75, 3.05) is 20.7 Å². The molecule has 1 amide bonds. The summed E-state index contributed by atoms with van der Waals surface area (Å²) < 4.78 is 5.42. The Hall–Kier alpha value is -1.06. The largest absolute Gasteiger partial charge is 0.465 e. The van der Waals surface area contributed by atoms with Crippen LogP contribution in [0, 0.1) is 11.8 Å². The van der Waals surface area contributed by atoms with Gasteiger partial charge in [-0.05, 0) is 18.8 Å². The molecule has 4 nitrogen and oxygen atoms in total. The van der Waals surface area contributed by atoms with Gasteiger partial charge in [-0.1, -0.05) is 40.0 Å². The summed E-state index contributed by atoms with van der Waals surface area (Å²) in [6.07, 6.45) is 5.36. The van der Waals surface area contributed by atoms with E-state index in [2.05, 4.69) is 13.8 Å². The van der Waals surface area contributed by atoms with Crippen LogP contribution >= 0.6 is 0 Å². The van der Waals surface area contributed by atoms with Gasteiger partial charge in [-0.15, -0.1) is 0 Å². The van der Waals surface area contributed by atoms with Crippen molar-refractivity contribution in [1.82, 2.24) is 4.90 Å². The Kier molecular flexibility index (Phi) is 10.1. The first-order chi connectivity index (χ1) is 9.46. The van der Waals surface area contributed by atoms with Gasteiger partial charge in [0.05, 0.1) is 12.5 Å².